The monoisotopic (exact) mass is 371 g/mol. The fourth-order valence-electron chi connectivity index (χ4n) is 2.60. The maximum Gasteiger partial charge on any atom is 0.273 e. The Morgan fingerprint density at radius 1 is 1.31 bits per heavy atom. The first-order valence-electron chi connectivity index (χ1n) is 8.31. The van der Waals surface area contributed by atoms with Crippen LogP contribution in [0, 0.1) is 0 Å². The predicted molar refractivity (Wildman–Crippen MR) is 105 cm³/mol. The number of benzene rings is 1. The van der Waals surface area contributed by atoms with E-state index in [9.17, 15) is 4.79 Å². The zero-order chi connectivity index (χ0) is 18.5. The second-order valence-corrected chi connectivity index (χ2v) is 6.71. The number of carbonyl (C=O) groups excluding carboxylic acids is 1. The number of hydrogen-bond acceptors (Lipinski definition) is 8. The summed E-state index contributed by atoms with van der Waals surface area (Å²) in [6.07, 6.45) is 0.888. The Morgan fingerprint density at radius 2 is 2.15 bits per heavy atom. The van der Waals surface area contributed by atoms with Crippen molar-refractivity contribution < 1.29 is 4.79 Å². The summed E-state index contributed by atoms with van der Waals surface area (Å²) in [5, 5.41) is 20.5. The highest BCUT2D eigenvalue weighted by Crippen LogP contribution is 2.30. The molecule has 8 nitrogen and oxygen atoms in total. The molecule has 0 aliphatic carbocycles. The van der Waals surface area contributed by atoms with Crippen molar-refractivity contribution in [2.75, 3.05) is 24.2 Å². The van der Waals surface area contributed by atoms with Crippen LogP contribution in [0.15, 0.2) is 29.6 Å². The number of aromatic nitrogens is 3. The molecule has 0 bridgehead atoms. The van der Waals surface area contributed by atoms with Crippen LogP contribution in [0.25, 0.3) is 10.1 Å². The first-order chi connectivity index (χ1) is 12.6. The number of thiophene rings is 1. The Bertz CT molecular complexity index is 911. The van der Waals surface area contributed by atoms with E-state index >= 15 is 0 Å². The van der Waals surface area contributed by atoms with Gasteiger partial charge in [0.15, 0.2) is 11.5 Å². The topological polar surface area (TPSA) is 118 Å². The standard InChI is InChI=1S/C17H21N7OS/c1-3-10(9-19-2)20-17-22-16(14(15(18)25)23-24-17)21-12-5-4-6-13-11(12)7-8-26-13/h4-8,10,19H,3,9H2,1-2H3,(H2,18,25)(H2,20,21,22,24)/t10-/m0/s1. The van der Waals surface area contributed by atoms with Gasteiger partial charge in [-0.05, 0) is 37.0 Å². The van der Waals surface area contributed by atoms with Crippen LogP contribution in [0.5, 0.6) is 0 Å². The fourth-order valence-corrected chi connectivity index (χ4v) is 3.41. The van der Waals surface area contributed by atoms with Crippen LogP contribution in [-0.4, -0.2) is 40.7 Å². The predicted octanol–water partition coefficient (Wildman–Crippen LogP) is 2.34. The van der Waals surface area contributed by atoms with E-state index in [2.05, 4.69) is 38.1 Å². The summed E-state index contributed by atoms with van der Waals surface area (Å²) in [5.74, 6) is -0.0519. The highest BCUT2D eigenvalue weighted by molar-refractivity contribution is 7.17. The lowest BCUT2D eigenvalue weighted by Gasteiger charge is -2.17. The molecule has 1 atom stereocenters. The molecule has 3 rings (SSSR count). The van der Waals surface area contributed by atoms with E-state index in [4.69, 9.17) is 5.73 Å². The minimum atomic E-state index is -0.682. The van der Waals surface area contributed by atoms with Gasteiger partial charge in [0, 0.05) is 28.4 Å². The summed E-state index contributed by atoms with van der Waals surface area (Å²) in [4.78, 5) is 16.2. The van der Waals surface area contributed by atoms with E-state index in [0.29, 0.717) is 5.95 Å². The molecule has 136 valence electrons. The lowest BCUT2D eigenvalue weighted by molar-refractivity contribution is 0.0995. The third-order valence-electron chi connectivity index (χ3n) is 3.95. The van der Waals surface area contributed by atoms with Crippen molar-refractivity contribution in [3.63, 3.8) is 0 Å². The van der Waals surface area contributed by atoms with Gasteiger partial charge in [0.1, 0.15) is 0 Å². The number of hydrogen-bond donors (Lipinski definition) is 4. The summed E-state index contributed by atoms with van der Waals surface area (Å²) < 4.78 is 1.14. The van der Waals surface area contributed by atoms with Crippen LogP contribution < -0.4 is 21.7 Å². The van der Waals surface area contributed by atoms with E-state index in [1.54, 1.807) is 11.3 Å². The average Bonchev–Trinajstić information content (AvgIpc) is 3.11. The molecule has 0 radical (unpaired) electrons. The van der Waals surface area contributed by atoms with E-state index in [-0.39, 0.29) is 17.6 Å². The summed E-state index contributed by atoms with van der Waals surface area (Å²) in [7, 11) is 1.88. The highest BCUT2D eigenvalue weighted by Gasteiger charge is 2.17. The Hall–Kier alpha value is -2.78. The van der Waals surface area contributed by atoms with Crippen LogP contribution in [0.2, 0.25) is 0 Å². The summed E-state index contributed by atoms with van der Waals surface area (Å²) >= 11 is 1.64. The van der Waals surface area contributed by atoms with Gasteiger partial charge in [0.05, 0.1) is 0 Å². The van der Waals surface area contributed by atoms with E-state index in [1.165, 1.54) is 0 Å². The molecule has 26 heavy (non-hydrogen) atoms. The van der Waals surface area contributed by atoms with Crippen molar-refractivity contribution in [3.05, 3.63) is 35.3 Å². The number of carbonyl (C=O) groups is 1. The largest absolute Gasteiger partial charge is 0.364 e. The smallest absolute Gasteiger partial charge is 0.273 e. The van der Waals surface area contributed by atoms with E-state index in [1.807, 2.05) is 36.7 Å². The van der Waals surface area contributed by atoms with Crippen molar-refractivity contribution in [3.8, 4) is 0 Å². The van der Waals surface area contributed by atoms with Crippen LogP contribution >= 0.6 is 11.3 Å². The molecule has 0 saturated heterocycles. The Kier molecular flexibility index (Phi) is 5.59. The molecule has 5 N–H and O–H groups in total. The minimum absolute atomic E-state index is 0.00412. The first-order valence-corrected chi connectivity index (χ1v) is 9.19. The lowest BCUT2D eigenvalue weighted by atomic mass is 10.2. The van der Waals surface area contributed by atoms with E-state index < -0.39 is 5.91 Å². The zero-order valence-electron chi connectivity index (χ0n) is 14.6. The number of nitrogens with zero attached hydrogens (tertiary/aromatic N) is 3. The van der Waals surface area contributed by atoms with Gasteiger partial charge in [-0.1, -0.05) is 13.0 Å². The molecule has 2 aromatic heterocycles. The highest BCUT2D eigenvalue weighted by atomic mass is 32.1. The molecular weight excluding hydrogens is 350 g/mol. The van der Waals surface area contributed by atoms with Gasteiger partial charge in [-0.25, -0.2) is 0 Å². The third kappa shape index (κ3) is 3.89. The molecule has 1 aromatic carbocycles. The molecule has 0 fully saturated rings. The number of nitrogens with one attached hydrogen (secondary N) is 3. The quantitative estimate of drug-likeness (QED) is 0.480. The van der Waals surface area contributed by atoms with Crippen LogP contribution in [0.3, 0.4) is 0 Å². The average molecular weight is 371 g/mol. The summed E-state index contributed by atoms with van der Waals surface area (Å²) in [6, 6.07) is 8.06. The number of fused-ring (bicyclic) bond motifs is 1. The summed E-state index contributed by atoms with van der Waals surface area (Å²) in [6.45, 7) is 2.82. The molecule has 1 amide bonds. The maximum atomic E-state index is 11.7. The number of likely N-dealkylation sites (N-methyl/N-ethyl adjacent to an activating group) is 1. The van der Waals surface area contributed by atoms with Crippen molar-refractivity contribution in [2.45, 2.75) is 19.4 Å². The van der Waals surface area contributed by atoms with Gasteiger partial charge in [-0.2, -0.15) is 4.98 Å². The minimum Gasteiger partial charge on any atom is -0.364 e. The molecule has 0 aliphatic heterocycles. The molecule has 0 spiro atoms. The fraction of sp³-hybridized carbons (Fsp3) is 0.294. The Balaban J connectivity index is 1.94. The van der Waals surface area contributed by atoms with Gasteiger partial charge in [-0.3, -0.25) is 4.79 Å². The van der Waals surface area contributed by atoms with Gasteiger partial charge in [-0.15, -0.1) is 21.5 Å². The first kappa shape index (κ1) is 18.0. The third-order valence-corrected chi connectivity index (χ3v) is 4.83. The van der Waals surface area contributed by atoms with Gasteiger partial charge in [0.2, 0.25) is 5.95 Å². The maximum absolute atomic E-state index is 11.7. The van der Waals surface area contributed by atoms with E-state index in [0.717, 1.165) is 28.7 Å². The molecule has 0 saturated carbocycles. The van der Waals surface area contributed by atoms with Crippen molar-refractivity contribution in [1.29, 1.82) is 0 Å². The number of amides is 1. The molecule has 3 aromatic rings. The number of primary amides is 1. The van der Waals surface area contributed by atoms with Gasteiger partial charge >= 0.3 is 0 Å². The summed E-state index contributed by atoms with van der Waals surface area (Å²) in [5.41, 5.74) is 6.27. The van der Waals surface area contributed by atoms with Crippen LogP contribution in [-0.2, 0) is 0 Å². The second-order valence-electron chi connectivity index (χ2n) is 5.77. The number of nitrogens with two attached hydrogens (primary N) is 1. The Morgan fingerprint density at radius 3 is 2.88 bits per heavy atom. The molecule has 0 aliphatic rings. The Labute approximate surface area is 155 Å². The molecule has 2 heterocycles. The normalized spacial score (nSPS) is 12.1. The molecule has 0 unspecified atom stereocenters. The molecular formula is C17H21N7OS. The van der Waals surface area contributed by atoms with Crippen molar-refractivity contribution in [2.24, 2.45) is 5.73 Å². The van der Waals surface area contributed by atoms with Crippen molar-refractivity contribution >= 4 is 44.8 Å². The SMILES string of the molecule is CC[C@@H](CNC)Nc1nnc(C(N)=O)c(Nc2cccc3sccc23)n1. The van der Waals surface area contributed by atoms with Crippen molar-refractivity contribution in [1.82, 2.24) is 20.5 Å². The second kappa shape index (κ2) is 8.07. The molecule has 9 heteroatoms. The number of anilines is 3. The zero-order valence-corrected chi connectivity index (χ0v) is 15.4. The van der Waals surface area contributed by atoms with Crippen LogP contribution in [0.4, 0.5) is 17.5 Å². The lowest BCUT2D eigenvalue weighted by Crippen LogP contribution is -2.31. The van der Waals surface area contributed by atoms with Crippen LogP contribution in [0.1, 0.15) is 23.8 Å². The number of rotatable bonds is 8. The van der Waals surface area contributed by atoms with Gasteiger partial charge in [0.25, 0.3) is 5.91 Å². The van der Waals surface area contributed by atoms with Gasteiger partial charge < -0.3 is 21.7 Å².